The molecule has 0 aromatic heterocycles. The van der Waals surface area contributed by atoms with Crippen LogP contribution in [0.15, 0.2) is 36.4 Å². The minimum atomic E-state index is -0.470. The van der Waals surface area contributed by atoms with E-state index in [1.165, 1.54) is 24.3 Å². The van der Waals surface area contributed by atoms with Gasteiger partial charge in [0.25, 0.3) is 5.69 Å². The summed E-state index contributed by atoms with van der Waals surface area (Å²) in [5.74, 6) is 0.296. The summed E-state index contributed by atoms with van der Waals surface area (Å²) in [5, 5.41) is 13.8. The van der Waals surface area contributed by atoms with Gasteiger partial charge in [0.05, 0.1) is 10.5 Å². The molecule has 0 saturated carbocycles. The van der Waals surface area contributed by atoms with Gasteiger partial charge in [0.2, 0.25) is 0 Å². The van der Waals surface area contributed by atoms with E-state index in [2.05, 4.69) is 5.32 Å². The Bertz CT molecular complexity index is 674. The van der Waals surface area contributed by atoms with Crippen molar-refractivity contribution in [2.24, 2.45) is 0 Å². The van der Waals surface area contributed by atoms with E-state index < -0.39 is 4.92 Å². The topological polar surface area (TPSA) is 64.4 Å². The smallest absolute Gasteiger partial charge is 0.276 e. The molecule has 2 aromatic rings. The second kappa shape index (κ2) is 6.32. The van der Waals surface area contributed by atoms with E-state index in [0.29, 0.717) is 29.2 Å². The summed E-state index contributed by atoms with van der Waals surface area (Å²) in [4.78, 5) is 10.5. The Morgan fingerprint density at radius 1 is 1.24 bits per heavy atom. The van der Waals surface area contributed by atoms with Crippen molar-refractivity contribution < 1.29 is 14.1 Å². The molecule has 1 N–H and O–H groups in total. The SMILES string of the molecule is CNCc1c(F)cccc1Oc1cccc([N+](=O)[O-])c1C. The third-order valence-electron chi connectivity index (χ3n) is 3.10. The number of hydrogen-bond acceptors (Lipinski definition) is 4. The minimum absolute atomic E-state index is 0.0286. The molecule has 5 nitrogen and oxygen atoms in total. The highest BCUT2D eigenvalue weighted by Gasteiger charge is 2.16. The molecule has 0 fully saturated rings. The van der Waals surface area contributed by atoms with E-state index in [1.54, 1.807) is 26.1 Å². The first-order valence-corrected chi connectivity index (χ1v) is 6.38. The Balaban J connectivity index is 2.41. The number of nitro groups is 1. The first-order chi connectivity index (χ1) is 10.0. The minimum Gasteiger partial charge on any atom is -0.456 e. The summed E-state index contributed by atoms with van der Waals surface area (Å²) < 4.78 is 19.5. The van der Waals surface area contributed by atoms with Crippen molar-refractivity contribution in [1.29, 1.82) is 0 Å². The van der Waals surface area contributed by atoms with Gasteiger partial charge in [-0.15, -0.1) is 0 Å². The van der Waals surface area contributed by atoms with Crippen molar-refractivity contribution in [3.8, 4) is 11.5 Å². The molecule has 2 rings (SSSR count). The van der Waals surface area contributed by atoms with Crippen LogP contribution in [0.25, 0.3) is 0 Å². The predicted molar refractivity (Wildman–Crippen MR) is 77.1 cm³/mol. The number of ether oxygens (including phenoxy) is 1. The number of halogens is 1. The fourth-order valence-electron chi connectivity index (χ4n) is 2.01. The number of benzene rings is 2. The predicted octanol–water partition coefficient (Wildman–Crippen LogP) is 3.55. The van der Waals surface area contributed by atoms with Crippen LogP contribution in [0.5, 0.6) is 11.5 Å². The Morgan fingerprint density at radius 2 is 1.90 bits per heavy atom. The molecule has 0 spiro atoms. The highest BCUT2D eigenvalue weighted by molar-refractivity contribution is 5.50. The van der Waals surface area contributed by atoms with Crippen molar-refractivity contribution in [2.45, 2.75) is 13.5 Å². The van der Waals surface area contributed by atoms with Crippen LogP contribution in [0.3, 0.4) is 0 Å². The number of nitrogens with one attached hydrogen (secondary N) is 1. The lowest BCUT2D eigenvalue weighted by Gasteiger charge is -2.13. The maximum Gasteiger partial charge on any atom is 0.276 e. The van der Waals surface area contributed by atoms with Crippen molar-refractivity contribution in [3.05, 3.63) is 63.5 Å². The van der Waals surface area contributed by atoms with Crippen LogP contribution < -0.4 is 10.1 Å². The molecule has 0 saturated heterocycles. The number of hydrogen-bond donors (Lipinski definition) is 1. The molecule has 2 aromatic carbocycles. The van der Waals surface area contributed by atoms with Crippen LogP contribution in [0, 0.1) is 22.9 Å². The maximum atomic E-state index is 13.8. The number of rotatable bonds is 5. The highest BCUT2D eigenvalue weighted by Crippen LogP contribution is 2.33. The maximum absolute atomic E-state index is 13.8. The summed E-state index contributed by atoms with van der Waals surface area (Å²) in [6, 6.07) is 9.08. The average molecular weight is 290 g/mol. The summed E-state index contributed by atoms with van der Waals surface area (Å²) in [6.45, 7) is 1.90. The summed E-state index contributed by atoms with van der Waals surface area (Å²) in [6.07, 6.45) is 0. The standard InChI is InChI=1S/C15H15FN2O3/c1-10-13(18(19)20)6-4-7-14(10)21-15-8-3-5-12(16)11(15)9-17-2/h3-8,17H,9H2,1-2H3. The molecule has 0 radical (unpaired) electrons. The molecule has 0 heterocycles. The van der Waals surface area contributed by atoms with Gasteiger partial charge in [-0.2, -0.15) is 0 Å². The third-order valence-corrected chi connectivity index (χ3v) is 3.10. The molecular formula is C15H15FN2O3. The van der Waals surface area contributed by atoms with Crippen molar-refractivity contribution in [2.75, 3.05) is 7.05 Å². The van der Waals surface area contributed by atoms with Crippen LogP contribution in [0.1, 0.15) is 11.1 Å². The van der Waals surface area contributed by atoms with Gasteiger partial charge in [0, 0.05) is 18.2 Å². The van der Waals surface area contributed by atoms with Crippen LogP contribution in [0.2, 0.25) is 0 Å². The zero-order valence-electron chi connectivity index (χ0n) is 11.7. The van der Waals surface area contributed by atoms with E-state index in [1.807, 2.05) is 0 Å². The number of nitro benzene ring substituents is 1. The lowest BCUT2D eigenvalue weighted by atomic mass is 10.1. The lowest BCUT2D eigenvalue weighted by Crippen LogP contribution is -2.08. The van der Waals surface area contributed by atoms with E-state index >= 15 is 0 Å². The molecule has 0 amide bonds. The van der Waals surface area contributed by atoms with E-state index in [9.17, 15) is 14.5 Å². The molecule has 0 atom stereocenters. The van der Waals surface area contributed by atoms with Crippen LogP contribution >= 0.6 is 0 Å². The Labute approximate surface area is 121 Å². The second-order valence-corrected chi connectivity index (χ2v) is 4.51. The van der Waals surface area contributed by atoms with Crippen molar-refractivity contribution in [3.63, 3.8) is 0 Å². The van der Waals surface area contributed by atoms with Gasteiger partial charge in [0.15, 0.2) is 0 Å². The summed E-state index contributed by atoms with van der Waals surface area (Å²) in [5.41, 5.74) is 0.757. The fourth-order valence-corrected chi connectivity index (χ4v) is 2.01. The second-order valence-electron chi connectivity index (χ2n) is 4.51. The molecule has 0 bridgehead atoms. The van der Waals surface area contributed by atoms with Crippen LogP contribution in [-0.2, 0) is 6.54 Å². The first kappa shape index (κ1) is 14.9. The summed E-state index contributed by atoms with van der Waals surface area (Å²) >= 11 is 0. The van der Waals surface area contributed by atoms with Crippen molar-refractivity contribution >= 4 is 5.69 Å². The summed E-state index contributed by atoms with van der Waals surface area (Å²) in [7, 11) is 1.70. The largest absolute Gasteiger partial charge is 0.456 e. The first-order valence-electron chi connectivity index (χ1n) is 6.38. The molecule has 0 aliphatic rings. The van der Waals surface area contributed by atoms with E-state index in [-0.39, 0.29) is 11.5 Å². The Hall–Kier alpha value is -2.47. The zero-order valence-corrected chi connectivity index (χ0v) is 11.7. The van der Waals surface area contributed by atoms with Gasteiger partial charge in [-0.05, 0) is 32.2 Å². The normalized spacial score (nSPS) is 10.4. The Kier molecular flexibility index (Phi) is 4.49. The molecule has 0 aliphatic carbocycles. The quantitative estimate of drug-likeness (QED) is 0.675. The van der Waals surface area contributed by atoms with Gasteiger partial charge >= 0.3 is 0 Å². The molecular weight excluding hydrogens is 275 g/mol. The molecule has 6 heteroatoms. The van der Waals surface area contributed by atoms with Gasteiger partial charge in [-0.25, -0.2) is 4.39 Å². The van der Waals surface area contributed by atoms with E-state index in [0.717, 1.165) is 0 Å². The van der Waals surface area contributed by atoms with E-state index in [4.69, 9.17) is 4.74 Å². The fraction of sp³-hybridized carbons (Fsp3) is 0.200. The lowest BCUT2D eigenvalue weighted by molar-refractivity contribution is -0.385. The molecule has 0 unspecified atom stereocenters. The van der Waals surface area contributed by atoms with Crippen LogP contribution in [-0.4, -0.2) is 12.0 Å². The zero-order chi connectivity index (χ0) is 15.4. The van der Waals surface area contributed by atoms with Gasteiger partial charge in [-0.3, -0.25) is 10.1 Å². The monoisotopic (exact) mass is 290 g/mol. The van der Waals surface area contributed by atoms with Crippen molar-refractivity contribution in [1.82, 2.24) is 5.32 Å². The highest BCUT2D eigenvalue weighted by atomic mass is 19.1. The molecule has 110 valence electrons. The average Bonchev–Trinajstić information content (AvgIpc) is 2.44. The molecule has 0 aliphatic heterocycles. The Morgan fingerprint density at radius 3 is 2.57 bits per heavy atom. The number of nitrogens with zero attached hydrogens (tertiary/aromatic N) is 1. The van der Waals surface area contributed by atoms with Gasteiger partial charge in [-0.1, -0.05) is 12.1 Å². The molecule has 21 heavy (non-hydrogen) atoms. The van der Waals surface area contributed by atoms with Gasteiger partial charge < -0.3 is 10.1 Å². The van der Waals surface area contributed by atoms with Gasteiger partial charge in [0.1, 0.15) is 17.3 Å². The van der Waals surface area contributed by atoms with Crippen LogP contribution in [0.4, 0.5) is 10.1 Å². The third kappa shape index (κ3) is 3.17.